The van der Waals surface area contributed by atoms with Crippen LogP contribution in [-0.2, 0) is 20.3 Å². The average molecular weight is 539 g/mol. The van der Waals surface area contributed by atoms with Gasteiger partial charge in [-0.1, -0.05) is 13.8 Å². The Morgan fingerprint density at radius 1 is 1.11 bits per heavy atom. The molecule has 9 nitrogen and oxygen atoms in total. The maximum absolute atomic E-state index is 13.1. The van der Waals surface area contributed by atoms with Crippen LogP contribution in [0.5, 0.6) is 5.75 Å². The number of ether oxygens (including phenoxy) is 1. The van der Waals surface area contributed by atoms with Crippen LogP contribution in [-0.4, -0.2) is 70.1 Å². The maximum atomic E-state index is 13.1. The highest BCUT2D eigenvalue weighted by atomic mass is 32.2. The van der Waals surface area contributed by atoms with Crippen LogP contribution in [0.2, 0.25) is 0 Å². The number of hydroxylamine groups is 2. The molecule has 1 aliphatic heterocycles. The molecule has 0 spiro atoms. The number of nitrogens with zero attached hydrogens (tertiary/aromatic N) is 4. The molecule has 0 saturated carbocycles. The predicted molar refractivity (Wildman–Crippen MR) is 148 cm³/mol. The smallest absolute Gasteiger partial charge is 0.283 e. The number of amides is 1. The van der Waals surface area contributed by atoms with E-state index in [2.05, 4.69) is 24.3 Å². The van der Waals surface area contributed by atoms with Crippen LogP contribution >= 0.6 is 0 Å². The van der Waals surface area contributed by atoms with Gasteiger partial charge in [-0.2, -0.15) is 8.42 Å². The zero-order chi connectivity index (χ0) is 27.8. The van der Waals surface area contributed by atoms with Gasteiger partial charge in [-0.25, -0.2) is 5.06 Å². The molecule has 4 rings (SSSR count). The molecule has 1 aliphatic rings. The lowest BCUT2D eigenvalue weighted by Crippen LogP contribution is -2.26. The number of carbonyl (C=O) groups excluding carboxylic acids is 1. The monoisotopic (exact) mass is 538 g/mol. The summed E-state index contributed by atoms with van der Waals surface area (Å²) in [6, 6.07) is 14.4. The highest BCUT2D eigenvalue weighted by molar-refractivity contribution is 7.90. The first-order valence-corrected chi connectivity index (χ1v) is 13.7. The number of rotatable bonds is 7. The van der Waals surface area contributed by atoms with Gasteiger partial charge in [0.05, 0.1) is 29.9 Å². The fourth-order valence-corrected chi connectivity index (χ4v) is 5.41. The van der Waals surface area contributed by atoms with Crippen molar-refractivity contribution in [2.24, 2.45) is 4.40 Å². The van der Waals surface area contributed by atoms with Crippen molar-refractivity contribution in [3.05, 3.63) is 65.4 Å². The molecule has 0 atom stereocenters. The summed E-state index contributed by atoms with van der Waals surface area (Å²) in [6.07, 6.45) is 2.15. The normalized spacial score (nSPS) is 14.7. The molecule has 10 heteroatoms. The summed E-state index contributed by atoms with van der Waals surface area (Å²) in [7, 11) is 2.56. The van der Waals surface area contributed by atoms with E-state index >= 15 is 0 Å². The van der Waals surface area contributed by atoms with Crippen molar-refractivity contribution in [1.82, 2.24) is 14.5 Å². The zero-order valence-electron chi connectivity index (χ0n) is 22.8. The number of fused-ring (bicyclic) bond motifs is 1. The number of sulfonamides is 1. The van der Waals surface area contributed by atoms with Gasteiger partial charge in [0.1, 0.15) is 12.1 Å². The van der Waals surface area contributed by atoms with Crippen molar-refractivity contribution in [2.75, 3.05) is 34.9 Å². The Bertz CT molecular complexity index is 1490. The highest BCUT2D eigenvalue weighted by Crippen LogP contribution is 2.41. The molecular weight excluding hydrogens is 504 g/mol. The lowest BCUT2D eigenvalue weighted by atomic mass is 9.79. The van der Waals surface area contributed by atoms with Crippen molar-refractivity contribution < 1.29 is 22.8 Å². The Hall–Kier alpha value is -3.63. The highest BCUT2D eigenvalue weighted by Gasteiger charge is 2.30. The number of hydrogen-bond acceptors (Lipinski definition) is 5. The van der Waals surface area contributed by atoms with Crippen molar-refractivity contribution in [3.8, 4) is 22.7 Å². The van der Waals surface area contributed by atoms with E-state index in [9.17, 15) is 13.2 Å². The Balaban J connectivity index is 1.87. The van der Waals surface area contributed by atoms with E-state index in [0.717, 1.165) is 29.0 Å². The summed E-state index contributed by atoms with van der Waals surface area (Å²) in [5.74, 6) is 0.576. The van der Waals surface area contributed by atoms with Gasteiger partial charge in [0.2, 0.25) is 0 Å². The predicted octanol–water partition coefficient (Wildman–Crippen LogP) is 4.42. The van der Waals surface area contributed by atoms with Gasteiger partial charge in [-0.3, -0.25) is 9.63 Å². The van der Waals surface area contributed by atoms with E-state index in [0.29, 0.717) is 23.6 Å². The molecule has 1 aromatic heterocycles. The first kappa shape index (κ1) is 27.4. The van der Waals surface area contributed by atoms with E-state index in [1.165, 1.54) is 30.6 Å². The lowest BCUT2D eigenvalue weighted by molar-refractivity contribution is -0.0757. The van der Waals surface area contributed by atoms with Crippen LogP contribution in [0, 0.1) is 6.92 Å². The van der Waals surface area contributed by atoms with Gasteiger partial charge in [0, 0.05) is 38.1 Å². The van der Waals surface area contributed by atoms with Gasteiger partial charge in [0.15, 0.2) is 0 Å². The van der Waals surface area contributed by atoms with Crippen molar-refractivity contribution in [2.45, 2.75) is 37.5 Å². The average Bonchev–Trinajstić information content (AvgIpc) is 3.23. The summed E-state index contributed by atoms with van der Waals surface area (Å²) in [5, 5.41) is 1.18. The van der Waals surface area contributed by atoms with Gasteiger partial charge < -0.3 is 14.2 Å². The second kappa shape index (κ2) is 10.3. The Kier molecular flexibility index (Phi) is 7.40. The molecule has 0 fully saturated rings. The van der Waals surface area contributed by atoms with Crippen LogP contribution in [0.15, 0.2) is 57.8 Å². The molecule has 1 amide bonds. The summed E-state index contributed by atoms with van der Waals surface area (Å²) in [4.78, 5) is 19.9. The van der Waals surface area contributed by atoms with Gasteiger partial charge >= 0.3 is 0 Å². The second-order valence-corrected chi connectivity index (χ2v) is 11.8. The second-order valence-electron chi connectivity index (χ2n) is 10.2. The third-order valence-corrected chi connectivity index (χ3v) is 8.08. The number of benzene rings is 2. The third kappa shape index (κ3) is 5.19. The topological polar surface area (TPSA) is 93.4 Å². The van der Waals surface area contributed by atoms with Crippen LogP contribution < -0.4 is 4.74 Å². The minimum Gasteiger partial charge on any atom is -0.493 e. The quantitative estimate of drug-likeness (QED) is 0.251. The molecule has 38 heavy (non-hydrogen) atoms. The Morgan fingerprint density at radius 3 is 2.42 bits per heavy atom. The molecule has 2 aromatic carbocycles. The van der Waals surface area contributed by atoms with Crippen LogP contribution in [0.25, 0.3) is 16.9 Å². The van der Waals surface area contributed by atoms with Gasteiger partial charge in [0.25, 0.3) is 15.9 Å². The minimum atomic E-state index is -3.85. The lowest BCUT2D eigenvalue weighted by Gasteiger charge is -2.32. The SMILES string of the molecule is CON(C)C(=O)c1cc(-c2ccc3c(c2)C(C)(C)CCO3)n(-c2ccc(S(=O)(=O)N=CN(C)C)cc2)c1C. The summed E-state index contributed by atoms with van der Waals surface area (Å²) < 4.78 is 36.8. The molecular formula is C28H34N4O5S. The van der Waals surface area contributed by atoms with Gasteiger partial charge in [-0.05, 0) is 72.9 Å². The molecule has 0 radical (unpaired) electrons. The molecule has 0 bridgehead atoms. The van der Waals surface area contributed by atoms with E-state index in [4.69, 9.17) is 9.57 Å². The van der Waals surface area contributed by atoms with Crippen LogP contribution in [0.1, 0.15) is 41.9 Å². The fourth-order valence-electron chi connectivity index (χ4n) is 4.50. The van der Waals surface area contributed by atoms with E-state index < -0.39 is 10.0 Å². The fraction of sp³-hybridized carbons (Fsp3) is 0.357. The van der Waals surface area contributed by atoms with Crippen molar-refractivity contribution in [3.63, 3.8) is 0 Å². The maximum Gasteiger partial charge on any atom is 0.283 e. The molecule has 0 aliphatic carbocycles. The number of carbonyl (C=O) groups is 1. The van der Waals surface area contributed by atoms with Crippen LogP contribution in [0.3, 0.4) is 0 Å². The third-order valence-electron chi connectivity index (χ3n) is 6.84. The number of aromatic nitrogens is 1. The molecule has 2 heterocycles. The molecule has 0 N–H and O–H groups in total. The first-order chi connectivity index (χ1) is 17.9. The standard InChI is InChI=1S/C28H34N4O5S/c1-19-23(27(33)31(6)36-7)17-25(20-8-13-26-24(16-20)28(2,3)14-15-37-26)32(19)21-9-11-22(12-10-21)38(34,35)29-18-30(4)5/h8-13,16-18H,14-15H2,1-7H3. The zero-order valence-corrected chi connectivity index (χ0v) is 23.7. The molecule has 0 saturated heterocycles. The van der Waals surface area contributed by atoms with Crippen LogP contribution in [0.4, 0.5) is 0 Å². The summed E-state index contributed by atoms with van der Waals surface area (Å²) >= 11 is 0. The summed E-state index contributed by atoms with van der Waals surface area (Å²) in [5.41, 5.74) is 4.63. The Labute approximate surface area is 224 Å². The largest absolute Gasteiger partial charge is 0.493 e. The molecule has 202 valence electrons. The molecule has 3 aromatic rings. The van der Waals surface area contributed by atoms with E-state index in [1.54, 1.807) is 38.2 Å². The summed E-state index contributed by atoms with van der Waals surface area (Å²) in [6.45, 7) is 6.92. The minimum absolute atomic E-state index is 0.0614. The number of hydrogen-bond donors (Lipinski definition) is 0. The van der Waals surface area contributed by atoms with Gasteiger partial charge in [-0.15, -0.1) is 4.40 Å². The van der Waals surface area contributed by atoms with Crippen molar-refractivity contribution in [1.29, 1.82) is 0 Å². The van der Waals surface area contributed by atoms with Crippen molar-refractivity contribution >= 4 is 22.3 Å². The van der Waals surface area contributed by atoms with E-state index in [1.807, 2.05) is 29.7 Å². The molecule has 0 unspecified atom stereocenters. The van der Waals surface area contributed by atoms with E-state index in [-0.39, 0.29) is 16.2 Å². The Morgan fingerprint density at radius 2 is 1.79 bits per heavy atom. The first-order valence-electron chi connectivity index (χ1n) is 12.3.